The Morgan fingerprint density at radius 3 is 2.65 bits per heavy atom. The number of aryl methyl sites for hydroxylation is 1. The molecule has 158 valence electrons. The van der Waals surface area contributed by atoms with Crippen molar-refractivity contribution >= 4 is 23.3 Å². The number of hydrogen-bond donors (Lipinski definition) is 2. The number of para-hydroxylation sites is 1. The van der Waals surface area contributed by atoms with Crippen molar-refractivity contribution in [2.45, 2.75) is 6.54 Å². The van der Waals surface area contributed by atoms with Crippen molar-refractivity contribution in [3.05, 3.63) is 86.8 Å². The Labute approximate surface area is 175 Å². The van der Waals surface area contributed by atoms with E-state index in [4.69, 9.17) is 4.74 Å². The van der Waals surface area contributed by atoms with Crippen molar-refractivity contribution in [1.29, 1.82) is 0 Å². The first-order valence-electron chi connectivity index (χ1n) is 9.45. The number of ether oxygens (including phenoxy) is 1. The van der Waals surface area contributed by atoms with Crippen LogP contribution in [0, 0.1) is 5.82 Å². The lowest BCUT2D eigenvalue weighted by Crippen LogP contribution is -2.29. The van der Waals surface area contributed by atoms with Gasteiger partial charge in [0.15, 0.2) is 11.2 Å². The molecule has 4 rings (SSSR count). The van der Waals surface area contributed by atoms with Crippen LogP contribution in [0.2, 0.25) is 0 Å². The predicted octanol–water partition coefficient (Wildman–Crippen LogP) is 2.09. The number of nitrogens with zero attached hydrogens (tertiary/aromatic N) is 4. The van der Waals surface area contributed by atoms with Crippen LogP contribution in [0.3, 0.4) is 0 Å². The lowest BCUT2D eigenvalue weighted by atomic mass is 10.2. The van der Waals surface area contributed by atoms with Crippen LogP contribution in [0.5, 0.6) is 5.75 Å². The second-order valence-electron chi connectivity index (χ2n) is 6.66. The number of benzene rings is 2. The van der Waals surface area contributed by atoms with Crippen molar-refractivity contribution < 1.29 is 9.13 Å². The molecule has 0 aliphatic heterocycles. The van der Waals surface area contributed by atoms with Gasteiger partial charge in [0.2, 0.25) is 5.95 Å². The van der Waals surface area contributed by atoms with Crippen molar-refractivity contribution in [2.24, 2.45) is 12.1 Å². The van der Waals surface area contributed by atoms with E-state index in [0.717, 1.165) is 0 Å². The Balaban J connectivity index is 1.64. The van der Waals surface area contributed by atoms with E-state index in [9.17, 15) is 14.0 Å². The summed E-state index contributed by atoms with van der Waals surface area (Å²) >= 11 is 0. The molecule has 0 atom stereocenters. The number of nitrogens with one attached hydrogen (secondary N) is 2. The fraction of sp³-hybridized carbons (Fsp3) is 0.143. The molecule has 0 fully saturated rings. The van der Waals surface area contributed by atoms with Crippen LogP contribution in [0.25, 0.3) is 11.2 Å². The van der Waals surface area contributed by atoms with Gasteiger partial charge in [-0.1, -0.05) is 30.3 Å². The lowest BCUT2D eigenvalue weighted by Gasteiger charge is -2.10. The normalized spacial score (nSPS) is 11.3. The molecule has 0 saturated heterocycles. The highest BCUT2D eigenvalue weighted by atomic mass is 19.1. The molecule has 9 nitrogen and oxygen atoms in total. The van der Waals surface area contributed by atoms with Gasteiger partial charge in [-0.05, 0) is 29.8 Å². The SMILES string of the molecule is Cn1c(=O)[nH]c(=O)c2c1nc(NN=Cc1ccc(F)cc1)n2CCOc1ccccc1. The molecule has 2 aromatic carbocycles. The molecule has 31 heavy (non-hydrogen) atoms. The minimum atomic E-state index is -0.566. The van der Waals surface area contributed by atoms with Crippen molar-refractivity contribution in [3.63, 3.8) is 0 Å². The van der Waals surface area contributed by atoms with Crippen molar-refractivity contribution in [1.82, 2.24) is 19.1 Å². The van der Waals surface area contributed by atoms with Crippen LogP contribution < -0.4 is 21.4 Å². The number of aromatic nitrogens is 4. The van der Waals surface area contributed by atoms with Gasteiger partial charge in [0.25, 0.3) is 5.56 Å². The number of anilines is 1. The van der Waals surface area contributed by atoms with Gasteiger partial charge in [0, 0.05) is 7.05 Å². The molecule has 0 saturated carbocycles. The predicted molar refractivity (Wildman–Crippen MR) is 115 cm³/mol. The molecule has 2 heterocycles. The van der Waals surface area contributed by atoms with Crippen molar-refractivity contribution in [2.75, 3.05) is 12.0 Å². The third-order valence-corrected chi connectivity index (χ3v) is 4.58. The number of aromatic amines is 1. The Kier molecular flexibility index (Phi) is 5.61. The molecule has 0 bridgehead atoms. The van der Waals surface area contributed by atoms with E-state index >= 15 is 0 Å². The lowest BCUT2D eigenvalue weighted by molar-refractivity contribution is 0.301. The van der Waals surface area contributed by atoms with Gasteiger partial charge in [-0.15, -0.1) is 0 Å². The Bertz CT molecular complexity index is 1340. The van der Waals surface area contributed by atoms with E-state index in [1.807, 2.05) is 30.3 Å². The maximum absolute atomic E-state index is 13.0. The molecule has 0 aliphatic rings. The molecular formula is C21H19FN6O3. The number of hydrogen-bond acceptors (Lipinski definition) is 6. The minimum Gasteiger partial charge on any atom is -0.492 e. The van der Waals surface area contributed by atoms with Gasteiger partial charge >= 0.3 is 5.69 Å². The van der Waals surface area contributed by atoms with E-state index in [0.29, 0.717) is 11.3 Å². The summed E-state index contributed by atoms with van der Waals surface area (Å²) in [6.45, 7) is 0.537. The zero-order valence-electron chi connectivity index (χ0n) is 16.6. The van der Waals surface area contributed by atoms with E-state index in [1.54, 1.807) is 16.7 Å². The van der Waals surface area contributed by atoms with Crippen LogP contribution in [-0.2, 0) is 13.6 Å². The maximum Gasteiger partial charge on any atom is 0.329 e. The van der Waals surface area contributed by atoms with Crippen LogP contribution in [0.4, 0.5) is 10.3 Å². The summed E-state index contributed by atoms with van der Waals surface area (Å²) in [4.78, 5) is 31.1. The zero-order chi connectivity index (χ0) is 21.8. The molecule has 2 N–H and O–H groups in total. The first-order chi connectivity index (χ1) is 15.0. The number of hydrazone groups is 1. The smallest absolute Gasteiger partial charge is 0.329 e. The highest BCUT2D eigenvalue weighted by molar-refractivity contribution is 5.80. The standard InChI is InChI=1S/C21H19FN6O3/c1-27-18-17(19(29)25-21(27)30)28(11-12-31-16-5-3-2-4-6-16)20(24-18)26-23-13-14-7-9-15(22)10-8-14/h2-10,13H,11-12H2,1H3,(H,24,26)(H,25,29,30). The monoisotopic (exact) mass is 422 g/mol. The van der Waals surface area contributed by atoms with Gasteiger partial charge in [0.05, 0.1) is 12.8 Å². The summed E-state index contributed by atoms with van der Waals surface area (Å²) < 4.78 is 21.6. The Morgan fingerprint density at radius 2 is 1.90 bits per heavy atom. The molecule has 0 spiro atoms. The van der Waals surface area contributed by atoms with Crippen LogP contribution in [-0.4, -0.2) is 31.9 Å². The number of fused-ring (bicyclic) bond motifs is 1. The van der Waals surface area contributed by atoms with Gasteiger partial charge < -0.3 is 4.74 Å². The molecular weight excluding hydrogens is 403 g/mol. The number of halogens is 1. The van der Waals surface area contributed by atoms with Crippen LogP contribution in [0.15, 0.2) is 69.3 Å². The number of H-pyrrole nitrogens is 1. The van der Waals surface area contributed by atoms with E-state index in [-0.39, 0.29) is 36.1 Å². The number of rotatable bonds is 7. The largest absolute Gasteiger partial charge is 0.492 e. The third-order valence-electron chi connectivity index (χ3n) is 4.58. The topological polar surface area (TPSA) is 106 Å². The molecule has 0 radical (unpaired) electrons. The Morgan fingerprint density at radius 1 is 1.16 bits per heavy atom. The molecule has 0 amide bonds. The number of imidazole rings is 1. The maximum atomic E-state index is 13.0. The Hall–Kier alpha value is -4.21. The summed E-state index contributed by atoms with van der Waals surface area (Å²) in [5.74, 6) is 0.610. The molecule has 4 aromatic rings. The van der Waals surface area contributed by atoms with E-state index in [2.05, 4.69) is 20.5 Å². The summed E-state index contributed by atoms with van der Waals surface area (Å²) in [6.07, 6.45) is 1.49. The van der Waals surface area contributed by atoms with Crippen LogP contribution in [0.1, 0.15) is 5.56 Å². The first-order valence-corrected chi connectivity index (χ1v) is 9.45. The van der Waals surface area contributed by atoms with Gasteiger partial charge in [-0.2, -0.15) is 10.1 Å². The summed E-state index contributed by atoms with van der Waals surface area (Å²) in [5.41, 5.74) is 2.78. The molecule has 2 aromatic heterocycles. The second kappa shape index (κ2) is 8.66. The fourth-order valence-corrected chi connectivity index (χ4v) is 3.02. The summed E-state index contributed by atoms with van der Waals surface area (Å²) in [5, 5.41) is 4.12. The summed E-state index contributed by atoms with van der Waals surface area (Å²) in [6, 6.07) is 15.1. The zero-order valence-corrected chi connectivity index (χ0v) is 16.6. The highest BCUT2D eigenvalue weighted by Crippen LogP contribution is 2.16. The minimum absolute atomic E-state index is 0.216. The van der Waals surface area contributed by atoms with E-state index in [1.165, 1.54) is 30.0 Å². The molecule has 0 aliphatic carbocycles. The van der Waals surface area contributed by atoms with Crippen molar-refractivity contribution in [3.8, 4) is 5.75 Å². The average molecular weight is 422 g/mol. The van der Waals surface area contributed by atoms with Gasteiger partial charge in [0.1, 0.15) is 18.2 Å². The highest BCUT2D eigenvalue weighted by Gasteiger charge is 2.17. The van der Waals surface area contributed by atoms with Gasteiger partial charge in [-0.25, -0.2) is 14.6 Å². The fourth-order valence-electron chi connectivity index (χ4n) is 3.02. The van der Waals surface area contributed by atoms with E-state index < -0.39 is 11.2 Å². The first kappa shape index (κ1) is 20.1. The molecule has 10 heteroatoms. The summed E-state index contributed by atoms with van der Waals surface area (Å²) in [7, 11) is 1.52. The van der Waals surface area contributed by atoms with Gasteiger partial charge in [-0.3, -0.25) is 18.9 Å². The second-order valence-corrected chi connectivity index (χ2v) is 6.66. The quantitative estimate of drug-likeness (QED) is 0.350. The average Bonchev–Trinajstić information content (AvgIpc) is 3.13. The molecule has 0 unspecified atom stereocenters. The third kappa shape index (κ3) is 4.37. The van der Waals surface area contributed by atoms with Crippen LogP contribution >= 0.6 is 0 Å².